The summed E-state index contributed by atoms with van der Waals surface area (Å²) in [4.78, 5) is 12.3. The van der Waals surface area contributed by atoms with Crippen molar-refractivity contribution >= 4 is 5.78 Å². The van der Waals surface area contributed by atoms with Crippen molar-refractivity contribution in [2.75, 3.05) is 0 Å². The minimum Gasteiger partial charge on any atom is -0.327 e. The molecule has 2 unspecified atom stereocenters. The highest BCUT2D eigenvalue weighted by Gasteiger charge is 2.27. The van der Waals surface area contributed by atoms with E-state index in [0.717, 1.165) is 31.2 Å². The minimum absolute atomic E-state index is 0.0844. The first-order valence-corrected chi connectivity index (χ1v) is 7.07. The van der Waals surface area contributed by atoms with Crippen molar-refractivity contribution in [1.29, 1.82) is 0 Å². The van der Waals surface area contributed by atoms with Crippen LogP contribution in [-0.2, 0) is 17.6 Å². The summed E-state index contributed by atoms with van der Waals surface area (Å²) in [5, 5.41) is 0. The van der Waals surface area contributed by atoms with E-state index in [0.29, 0.717) is 12.2 Å². The molecule has 0 spiro atoms. The van der Waals surface area contributed by atoms with Gasteiger partial charge >= 0.3 is 0 Å². The summed E-state index contributed by atoms with van der Waals surface area (Å²) in [6.07, 6.45) is 5.90. The molecule has 1 aromatic carbocycles. The van der Waals surface area contributed by atoms with E-state index in [9.17, 15) is 4.79 Å². The molecule has 2 N–H and O–H groups in total. The lowest BCUT2D eigenvalue weighted by atomic mass is 9.80. The molecule has 1 aliphatic rings. The molecule has 0 bridgehead atoms. The normalized spacial score (nSPS) is 23.9. The number of ketones is 1. The maximum Gasteiger partial charge on any atom is 0.141 e. The van der Waals surface area contributed by atoms with Crippen molar-refractivity contribution in [3.05, 3.63) is 35.4 Å². The van der Waals surface area contributed by atoms with Crippen molar-refractivity contribution in [3.63, 3.8) is 0 Å². The molecule has 2 nitrogen and oxygen atoms in total. The van der Waals surface area contributed by atoms with E-state index in [1.165, 1.54) is 12.0 Å². The Balaban J connectivity index is 1.97. The Bertz CT molecular complexity index is 396. The number of carbonyl (C=O) groups is 1. The van der Waals surface area contributed by atoms with Gasteiger partial charge in [0.15, 0.2) is 0 Å². The van der Waals surface area contributed by atoms with Gasteiger partial charge in [-0.2, -0.15) is 0 Å². The Kier molecular flexibility index (Phi) is 4.54. The first-order valence-electron chi connectivity index (χ1n) is 7.07. The molecule has 2 rings (SSSR count). The molecule has 1 aromatic rings. The quantitative estimate of drug-likeness (QED) is 0.886. The van der Waals surface area contributed by atoms with Gasteiger partial charge in [0.1, 0.15) is 5.78 Å². The molecule has 0 radical (unpaired) electrons. The zero-order chi connectivity index (χ0) is 13.0. The number of Topliss-reactive ketones (excluding diaryl/α,β-unsaturated/α-hetero) is 1. The van der Waals surface area contributed by atoms with Crippen LogP contribution in [0.1, 0.15) is 43.7 Å². The number of hydrogen-bond donors (Lipinski definition) is 1. The van der Waals surface area contributed by atoms with Crippen LogP contribution in [0, 0.1) is 5.92 Å². The Morgan fingerprint density at radius 3 is 2.39 bits per heavy atom. The monoisotopic (exact) mass is 245 g/mol. The summed E-state index contributed by atoms with van der Waals surface area (Å²) >= 11 is 0. The molecule has 0 amide bonds. The average Bonchev–Trinajstić information content (AvgIpc) is 2.40. The first kappa shape index (κ1) is 13.3. The molecule has 98 valence electrons. The van der Waals surface area contributed by atoms with Crippen molar-refractivity contribution < 1.29 is 4.79 Å². The largest absolute Gasteiger partial charge is 0.327 e. The predicted octanol–water partition coefficient (Wildman–Crippen LogP) is 2.88. The molecule has 1 saturated carbocycles. The lowest BCUT2D eigenvalue weighted by Gasteiger charge is -2.27. The van der Waals surface area contributed by atoms with Gasteiger partial charge in [0.25, 0.3) is 0 Å². The van der Waals surface area contributed by atoms with Gasteiger partial charge < -0.3 is 5.73 Å². The van der Waals surface area contributed by atoms with Crippen LogP contribution in [0.3, 0.4) is 0 Å². The maximum atomic E-state index is 12.3. The van der Waals surface area contributed by atoms with Crippen LogP contribution in [0.15, 0.2) is 24.3 Å². The second-order valence-corrected chi connectivity index (χ2v) is 5.37. The SMILES string of the molecule is CCc1ccc(CC(=O)C2CCCCC2N)cc1. The van der Waals surface area contributed by atoms with Crippen LogP contribution in [0.4, 0.5) is 0 Å². The smallest absolute Gasteiger partial charge is 0.141 e. The number of aryl methyl sites for hydroxylation is 1. The van der Waals surface area contributed by atoms with Gasteiger partial charge in [0.2, 0.25) is 0 Å². The third-order valence-electron chi connectivity index (χ3n) is 4.04. The van der Waals surface area contributed by atoms with E-state index < -0.39 is 0 Å². The number of benzene rings is 1. The minimum atomic E-state index is 0.0844. The van der Waals surface area contributed by atoms with Gasteiger partial charge in [-0.15, -0.1) is 0 Å². The number of carbonyl (C=O) groups excluding carboxylic acids is 1. The molecule has 2 heteroatoms. The third kappa shape index (κ3) is 3.20. The molecular weight excluding hydrogens is 222 g/mol. The average molecular weight is 245 g/mol. The molecule has 1 aliphatic carbocycles. The predicted molar refractivity (Wildman–Crippen MR) is 74.5 cm³/mol. The van der Waals surface area contributed by atoms with Gasteiger partial charge in [0.05, 0.1) is 0 Å². The lowest BCUT2D eigenvalue weighted by Crippen LogP contribution is -2.38. The van der Waals surface area contributed by atoms with Crippen LogP contribution in [-0.4, -0.2) is 11.8 Å². The van der Waals surface area contributed by atoms with E-state index in [1.54, 1.807) is 0 Å². The second kappa shape index (κ2) is 6.14. The lowest BCUT2D eigenvalue weighted by molar-refractivity contribution is -0.123. The van der Waals surface area contributed by atoms with E-state index in [-0.39, 0.29) is 12.0 Å². The Labute approximate surface area is 110 Å². The van der Waals surface area contributed by atoms with Crippen molar-refractivity contribution in [2.45, 2.75) is 51.5 Å². The maximum absolute atomic E-state index is 12.3. The summed E-state index contributed by atoms with van der Waals surface area (Å²) in [6.45, 7) is 2.14. The molecule has 2 atom stereocenters. The summed E-state index contributed by atoms with van der Waals surface area (Å²) < 4.78 is 0. The van der Waals surface area contributed by atoms with Gasteiger partial charge in [-0.05, 0) is 30.4 Å². The highest BCUT2D eigenvalue weighted by molar-refractivity contribution is 5.84. The Morgan fingerprint density at radius 2 is 1.78 bits per heavy atom. The molecule has 0 saturated heterocycles. The van der Waals surface area contributed by atoms with Gasteiger partial charge in [-0.25, -0.2) is 0 Å². The van der Waals surface area contributed by atoms with Crippen LogP contribution >= 0.6 is 0 Å². The fourth-order valence-electron chi connectivity index (χ4n) is 2.78. The van der Waals surface area contributed by atoms with Gasteiger partial charge in [-0.1, -0.05) is 44.0 Å². The third-order valence-corrected chi connectivity index (χ3v) is 4.04. The van der Waals surface area contributed by atoms with Gasteiger partial charge in [0, 0.05) is 18.4 Å². The van der Waals surface area contributed by atoms with Crippen molar-refractivity contribution in [3.8, 4) is 0 Å². The van der Waals surface area contributed by atoms with Gasteiger partial charge in [-0.3, -0.25) is 4.79 Å². The van der Waals surface area contributed by atoms with Crippen molar-refractivity contribution in [2.24, 2.45) is 11.7 Å². The molecule has 0 aliphatic heterocycles. The van der Waals surface area contributed by atoms with Crippen LogP contribution in [0.2, 0.25) is 0 Å². The summed E-state index contributed by atoms with van der Waals surface area (Å²) in [7, 11) is 0. The zero-order valence-electron chi connectivity index (χ0n) is 11.2. The van der Waals surface area contributed by atoms with Crippen LogP contribution in [0.25, 0.3) is 0 Å². The molecule has 0 heterocycles. The highest BCUT2D eigenvalue weighted by Crippen LogP contribution is 2.25. The van der Waals surface area contributed by atoms with Crippen molar-refractivity contribution in [1.82, 2.24) is 0 Å². The highest BCUT2D eigenvalue weighted by atomic mass is 16.1. The standard InChI is InChI=1S/C16H23NO/c1-2-12-7-9-13(10-8-12)11-16(18)14-5-3-4-6-15(14)17/h7-10,14-15H,2-6,11,17H2,1H3. The fraction of sp³-hybridized carbons (Fsp3) is 0.562. The van der Waals surface area contributed by atoms with E-state index in [1.807, 2.05) is 0 Å². The van der Waals surface area contributed by atoms with E-state index in [4.69, 9.17) is 5.73 Å². The molecule has 1 fully saturated rings. The van der Waals surface area contributed by atoms with Crippen LogP contribution in [0.5, 0.6) is 0 Å². The topological polar surface area (TPSA) is 43.1 Å². The van der Waals surface area contributed by atoms with E-state index in [2.05, 4.69) is 31.2 Å². The summed E-state index contributed by atoms with van der Waals surface area (Å²) in [5.41, 5.74) is 8.50. The summed E-state index contributed by atoms with van der Waals surface area (Å²) in [6, 6.07) is 8.46. The number of rotatable bonds is 4. The summed E-state index contributed by atoms with van der Waals surface area (Å²) in [5.74, 6) is 0.413. The number of hydrogen-bond acceptors (Lipinski definition) is 2. The first-order chi connectivity index (χ1) is 8.70. The zero-order valence-corrected chi connectivity index (χ0v) is 11.2. The molecule has 18 heavy (non-hydrogen) atoms. The van der Waals surface area contributed by atoms with Crippen LogP contribution < -0.4 is 5.73 Å². The molecule has 0 aromatic heterocycles. The molecular formula is C16H23NO. The Hall–Kier alpha value is -1.15. The second-order valence-electron chi connectivity index (χ2n) is 5.37. The van der Waals surface area contributed by atoms with E-state index >= 15 is 0 Å². The number of nitrogens with two attached hydrogens (primary N) is 1. The fourth-order valence-corrected chi connectivity index (χ4v) is 2.78. The Morgan fingerprint density at radius 1 is 1.17 bits per heavy atom.